The Kier molecular flexibility index (Phi) is 3.55. The first-order valence-electron chi connectivity index (χ1n) is 10.7. The lowest BCUT2D eigenvalue weighted by Gasteiger charge is -2.43. The molecule has 1 saturated carbocycles. The predicted molar refractivity (Wildman–Crippen MR) is 113 cm³/mol. The first-order valence-corrected chi connectivity index (χ1v) is 10.7. The summed E-state index contributed by atoms with van der Waals surface area (Å²) < 4.78 is 0. The zero-order valence-electron chi connectivity index (χ0n) is 16.5. The van der Waals surface area contributed by atoms with E-state index < -0.39 is 5.92 Å². The van der Waals surface area contributed by atoms with E-state index in [4.69, 9.17) is 0 Å². The highest BCUT2D eigenvalue weighted by Crippen LogP contribution is 2.58. The fourth-order valence-electron chi connectivity index (χ4n) is 6.27. The van der Waals surface area contributed by atoms with Crippen molar-refractivity contribution in [3.05, 3.63) is 65.9 Å². The quantitative estimate of drug-likeness (QED) is 0.602. The van der Waals surface area contributed by atoms with Gasteiger partial charge < -0.3 is 4.98 Å². The first-order chi connectivity index (χ1) is 14.1. The molecular formula is C25H24N2O2. The molecule has 0 radical (unpaired) electrons. The number of amides is 2. The van der Waals surface area contributed by atoms with Gasteiger partial charge >= 0.3 is 0 Å². The van der Waals surface area contributed by atoms with Crippen molar-refractivity contribution in [3.8, 4) is 0 Å². The third kappa shape index (κ3) is 2.26. The van der Waals surface area contributed by atoms with Crippen molar-refractivity contribution >= 4 is 28.4 Å². The normalized spacial score (nSPS) is 30.9. The lowest BCUT2D eigenvalue weighted by Crippen LogP contribution is -2.39. The number of carbonyl (C=O) groups is 2. The molecule has 1 aromatic heterocycles. The number of rotatable bonds is 1. The maximum absolute atomic E-state index is 13.6. The van der Waals surface area contributed by atoms with E-state index in [-0.39, 0.29) is 23.7 Å². The van der Waals surface area contributed by atoms with Crippen LogP contribution >= 0.6 is 0 Å². The molecule has 1 aliphatic heterocycles. The monoisotopic (exact) mass is 384 g/mol. The van der Waals surface area contributed by atoms with Gasteiger partial charge in [0.05, 0.1) is 17.5 Å². The molecule has 6 rings (SSSR count). The van der Waals surface area contributed by atoms with Gasteiger partial charge in [0.25, 0.3) is 0 Å². The van der Waals surface area contributed by atoms with Gasteiger partial charge in [0.1, 0.15) is 0 Å². The van der Waals surface area contributed by atoms with Gasteiger partial charge in [-0.1, -0.05) is 49.7 Å². The molecule has 2 heterocycles. The lowest BCUT2D eigenvalue weighted by atomic mass is 9.59. The number of carbonyl (C=O) groups excluding carboxylic acids is 2. The van der Waals surface area contributed by atoms with Crippen molar-refractivity contribution in [2.75, 3.05) is 4.90 Å². The topological polar surface area (TPSA) is 53.2 Å². The number of aromatic nitrogens is 1. The Hall–Kier alpha value is -2.88. The minimum atomic E-state index is -0.392. The lowest BCUT2D eigenvalue weighted by molar-refractivity contribution is -0.123. The van der Waals surface area contributed by atoms with Crippen LogP contribution in [0.15, 0.2) is 54.6 Å². The molecule has 2 aliphatic carbocycles. The molecule has 3 aliphatic rings. The van der Waals surface area contributed by atoms with Crippen LogP contribution in [0.3, 0.4) is 0 Å². The third-order valence-electron chi connectivity index (χ3n) is 7.45. The van der Waals surface area contributed by atoms with Crippen molar-refractivity contribution in [1.29, 1.82) is 0 Å². The molecule has 0 unspecified atom stereocenters. The fourth-order valence-corrected chi connectivity index (χ4v) is 6.27. The average Bonchev–Trinajstić information content (AvgIpc) is 3.24. The SMILES string of the molecule is C[C@H]1CC[C@@H]2c3c([nH]c4ccccc34)[C@H]3C(=O)N(c4ccccc4)C(=O)[C@@H]3[C@@H]2C1. The Morgan fingerprint density at radius 2 is 1.69 bits per heavy atom. The minimum absolute atomic E-state index is 0.0143. The van der Waals surface area contributed by atoms with Crippen LogP contribution in [0, 0.1) is 17.8 Å². The Morgan fingerprint density at radius 1 is 0.931 bits per heavy atom. The molecular weight excluding hydrogens is 360 g/mol. The molecule has 5 atom stereocenters. The molecule has 4 nitrogen and oxygen atoms in total. The molecule has 2 aromatic carbocycles. The number of anilines is 1. The molecule has 2 amide bonds. The number of imide groups is 1. The van der Waals surface area contributed by atoms with Gasteiger partial charge in [0.2, 0.25) is 11.8 Å². The number of hydrogen-bond acceptors (Lipinski definition) is 2. The van der Waals surface area contributed by atoms with Crippen LogP contribution in [0.5, 0.6) is 0 Å². The number of H-pyrrole nitrogens is 1. The van der Waals surface area contributed by atoms with E-state index in [1.54, 1.807) is 0 Å². The number of para-hydroxylation sites is 2. The van der Waals surface area contributed by atoms with Crippen molar-refractivity contribution in [1.82, 2.24) is 4.98 Å². The highest BCUT2D eigenvalue weighted by molar-refractivity contribution is 6.24. The minimum Gasteiger partial charge on any atom is -0.357 e. The molecule has 3 aromatic rings. The van der Waals surface area contributed by atoms with Gasteiger partial charge in [-0.25, -0.2) is 4.90 Å². The summed E-state index contributed by atoms with van der Waals surface area (Å²) in [4.78, 5) is 32.3. The molecule has 1 N–H and O–H groups in total. The molecule has 4 heteroatoms. The van der Waals surface area contributed by atoms with Crippen molar-refractivity contribution in [2.45, 2.75) is 38.0 Å². The molecule has 2 fully saturated rings. The summed E-state index contributed by atoms with van der Waals surface area (Å²) in [5.41, 5.74) is 4.06. The number of hydrogen-bond donors (Lipinski definition) is 1. The second kappa shape index (κ2) is 6.06. The highest BCUT2D eigenvalue weighted by Gasteiger charge is 2.58. The summed E-state index contributed by atoms with van der Waals surface area (Å²) in [5.74, 6) is 0.451. The highest BCUT2D eigenvalue weighted by atomic mass is 16.2. The van der Waals surface area contributed by atoms with Gasteiger partial charge in [-0.05, 0) is 54.4 Å². The van der Waals surface area contributed by atoms with Gasteiger partial charge in [-0.2, -0.15) is 0 Å². The Balaban J connectivity index is 1.57. The van der Waals surface area contributed by atoms with E-state index in [2.05, 4.69) is 30.1 Å². The molecule has 29 heavy (non-hydrogen) atoms. The average molecular weight is 384 g/mol. The van der Waals surface area contributed by atoms with Crippen LogP contribution in [0.1, 0.15) is 49.3 Å². The van der Waals surface area contributed by atoms with Crippen LogP contribution in [0.4, 0.5) is 5.69 Å². The van der Waals surface area contributed by atoms with Crippen LogP contribution in [0.25, 0.3) is 10.9 Å². The Bertz CT molecular complexity index is 1130. The fraction of sp³-hybridized carbons (Fsp3) is 0.360. The van der Waals surface area contributed by atoms with E-state index in [0.29, 0.717) is 17.5 Å². The van der Waals surface area contributed by atoms with Crippen LogP contribution in [0.2, 0.25) is 0 Å². The summed E-state index contributed by atoms with van der Waals surface area (Å²) in [6.07, 6.45) is 3.30. The third-order valence-corrected chi connectivity index (χ3v) is 7.45. The predicted octanol–water partition coefficient (Wildman–Crippen LogP) is 4.97. The van der Waals surface area contributed by atoms with E-state index in [1.807, 2.05) is 36.4 Å². The maximum atomic E-state index is 13.6. The second-order valence-corrected chi connectivity index (χ2v) is 9.04. The molecule has 1 saturated heterocycles. The van der Waals surface area contributed by atoms with Gasteiger partial charge in [-0.15, -0.1) is 0 Å². The number of nitrogens with one attached hydrogen (secondary N) is 1. The zero-order valence-corrected chi connectivity index (χ0v) is 16.5. The number of nitrogens with zero attached hydrogens (tertiary/aromatic N) is 1. The smallest absolute Gasteiger partial charge is 0.243 e. The maximum Gasteiger partial charge on any atom is 0.243 e. The summed E-state index contributed by atoms with van der Waals surface area (Å²) in [6, 6.07) is 17.8. The van der Waals surface area contributed by atoms with Crippen LogP contribution < -0.4 is 4.90 Å². The van der Waals surface area contributed by atoms with Crippen molar-refractivity contribution < 1.29 is 9.59 Å². The van der Waals surface area contributed by atoms with E-state index in [9.17, 15) is 9.59 Å². The summed E-state index contributed by atoms with van der Waals surface area (Å²) in [6.45, 7) is 2.28. The molecule has 0 spiro atoms. The molecule has 0 bridgehead atoms. The van der Waals surface area contributed by atoms with E-state index in [1.165, 1.54) is 22.3 Å². The van der Waals surface area contributed by atoms with E-state index in [0.717, 1.165) is 24.1 Å². The summed E-state index contributed by atoms with van der Waals surface area (Å²) in [7, 11) is 0. The largest absolute Gasteiger partial charge is 0.357 e. The first kappa shape index (κ1) is 17.0. The van der Waals surface area contributed by atoms with Gasteiger partial charge in [0, 0.05) is 16.6 Å². The van der Waals surface area contributed by atoms with Crippen LogP contribution in [-0.2, 0) is 9.59 Å². The zero-order chi connectivity index (χ0) is 19.7. The Morgan fingerprint density at radius 3 is 2.52 bits per heavy atom. The van der Waals surface area contributed by atoms with Crippen molar-refractivity contribution in [2.24, 2.45) is 17.8 Å². The van der Waals surface area contributed by atoms with Crippen LogP contribution in [-0.4, -0.2) is 16.8 Å². The van der Waals surface area contributed by atoms with Gasteiger partial charge in [-0.3, -0.25) is 9.59 Å². The standard InChI is InChI=1S/C25H24N2O2/c1-14-11-12-16-18(13-14)21-22(23-20(16)17-9-5-6-10-19(17)26-23)25(29)27(24(21)28)15-7-3-2-4-8-15/h2-10,14,16,18,21-22,26H,11-13H2,1H3/t14-,16-,18+,21+,22-/m0/s1. The van der Waals surface area contributed by atoms with Crippen molar-refractivity contribution in [3.63, 3.8) is 0 Å². The summed E-state index contributed by atoms with van der Waals surface area (Å²) in [5, 5.41) is 1.23. The number of benzene rings is 2. The number of fused-ring (bicyclic) bond motifs is 8. The second-order valence-electron chi connectivity index (χ2n) is 9.04. The summed E-state index contributed by atoms with van der Waals surface area (Å²) >= 11 is 0. The van der Waals surface area contributed by atoms with Gasteiger partial charge in [0.15, 0.2) is 0 Å². The molecule has 146 valence electrons. The van der Waals surface area contributed by atoms with E-state index >= 15 is 0 Å². The number of aromatic amines is 1. The Labute approximate surface area is 169 Å².